The minimum Gasteiger partial charge on any atom is -0.457 e. The molecule has 1 heterocycles. The molecule has 0 spiro atoms. The van der Waals surface area contributed by atoms with Crippen LogP contribution in [0.2, 0.25) is 0 Å². The third-order valence-corrected chi connectivity index (χ3v) is 11.6. The Kier molecular flexibility index (Phi) is 42.4. The first kappa shape index (κ1) is 63.8. The van der Waals surface area contributed by atoms with Crippen molar-refractivity contribution >= 4 is 16.4 Å². The summed E-state index contributed by atoms with van der Waals surface area (Å²) in [6, 6.07) is 0. The Labute approximate surface area is 418 Å². The second kappa shape index (κ2) is 45.9. The third-order valence-electron chi connectivity index (χ3n) is 11.1. The van der Waals surface area contributed by atoms with Gasteiger partial charge >= 0.3 is 16.4 Å². The average Bonchev–Trinajstić information content (AvgIpc) is 3.32. The quantitative estimate of drug-likeness (QED) is 0.0197. The zero-order valence-corrected chi connectivity index (χ0v) is 43.1. The van der Waals surface area contributed by atoms with Crippen molar-refractivity contribution in [1.82, 2.24) is 0 Å². The van der Waals surface area contributed by atoms with Crippen molar-refractivity contribution in [1.29, 1.82) is 0 Å². The molecular formula is C56H92O12S. The van der Waals surface area contributed by atoms with Gasteiger partial charge in [-0.3, -0.25) is 9.35 Å². The molecule has 0 radical (unpaired) electrons. The Bertz CT molecular complexity index is 1610. The molecule has 1 fully saturated rings. The number of ether oxygens (including phenoxy) is 4. The molecule has 69 heavy (non-hydrogen) atoms. The summed E-state index contributed by atoms with van der Waals surface area (Å²) < 4.78 is 59.2. The van der Waals surface area contributed by atoms with E-state index in [-0.39, 0.29) is 19.6 Å². The van der Waals surface area contributed by atoms with Crippen LogP contribution < -0.4 is 0 Å². The minimum atomic E-state index is -5.08. The SMILES string of the molecule is CC/C=C\C/C=C\C/C=C\C/C=C\C/C=C\C/C=C\C/C=C\CCCCCCOCC(COC1OC(CO)C(O)C(OS(=O)(=O)O)C1O)OC(=O)CCCCCCC/C=C\C/C=C\CCCCCC. The summed E-state index contributed by atoms with van der Waals surface area (Å²) in [7, 11) is -5.08. The van der Waals surface area contributed by atoms with E-state index in [0.717, 1.165) is 122 Å². The van der Waals surface area contributed by atoms with E-state index in [4.69, 9.17) is 18.9 Å². The van der Waals surface area contributed by atoms with Gasteiger partial charge in [0.05, 0.1) is 19.8 Å². The number of hydrogen-bond acceptors (Lipinski definition) is 11. The van der Waals surface area contributed by atoms with Crippen LogP contribution in [0, 0.1) is 0 Å². The number of carbonyl (C=O) groups excluding carboxylic acids is 1. The Balaban J connectivity index is 2.39. The molecule has 0 amide bonds. The Morgan fingerprint density at radius 1 is 0.565 bits per heavy atom. The van der Waals surface area contributed by atoms with Crippen LogP contribution in [0.5, 0.6) is 0 Å². The van der Waals surface area contributed by atoms with E-state index < -0.39 is 59.8 Å². The van der Waals surface area contributed by atoms with Gasteiger partial charge in [-0.2, -0.15) is 8.42 Å². The molecule has 0 aromatic heterocycles. The lowest BCUT2D eigenvalue weighted by Crippen LogP contribution is -2.60. The maximum Gasteiger partial charge on any atom is 0.397 e. The number of unbranched alkanes of at least 4 members (excludes halogenated alkanes) is 13. The fourth-order valence-electron chi connectivity index (χ4n) is 7.21. The minimum absolute atomic E-state index is 0.00512. The van der Waals surface area contributed by atoms with E-state index in [1.807, 2.05) is 0 Å². The first-order chi connectivity index (χ1) is 33.6. The lowest BCUT2D eigenvalue weighted by Gasteiger charge is -2.41. The van der Waals surface area contributed by atoms with Crippen molar-refractivity contribution in [3.8, 4) is 0 Å². The highest BCUT2D eigenvalue weighted by Crippen LogP contribution is 2.26. The normalized spacial score (nSPS) is 20.1. The van der Waals surface area contributed by atoms with Gasteiger partial charge in [0.25, 0.3) is 0 Å². The maximum atomic E-state index is 12.9. The zero-order chi connectivity index (χ0) is 50.3. The van der Waals surface area contributed by atoms with E-state index in [1.54, 1.807) is 0 Å². The molecule has 1 aliphatic heterocycles. The summed E-state index contributed by atoms with van der Waals surface area (Å²) in [6.07, 6.45) is 55.5. The average molecular weight is 989 g/mol. The van der Waals surface area contributed by atoms with Crippen LogP contribution in [0.1, 0.15) is 174 Å². The molecule has 6 atom stereocenters. The van der Waals surface area contributed by atoms with Gasteiger partial charge in [-0.05, 0) is 103 Å². The molecule has 0 aromatic carbocycles. The molecule has 394 valence electrons. The van der Waals surface area contributed by atoms with Gasteiger partial charge in [0.2, 0.25) is 0 Å². The second-order valence-corrected chi connectivity index (χ2v) is 18.4. The van der Waals surface area contributed by atoms with Crippen LogP contribution >= 0.6 is 0 Å². The second-order valence-electron chi connectivity index (χ2n) is 17.4. The monoisotopic (exact) mass is 989 g/mol. The first-order valence-electron chi connectivity index (χ1n) is 26.1. The highest BCUT2D eigenvalue weighted by molar-refractivity contribution is 7.80. The van der Waals surface area contributed by atoms with Gasteiger partial charge < -0.3 is 34.3 Å². The standard InChI is InChI=1S/C56H92O12S/c1-3-5-7-9-11-13-15-17-19-21-22-23-24-25-26-27-28-29-30-32-34-36-38-40-42-44-46-64-48-50(49-65-56-54(60)55(68-69(61,62)63)53(59)51(47-57)67-56)66-52(58)45-43-41-39-37-35-33-31-20-18-16-14-12-10-8-6-4-2/h5,7,11,13-14,16-17,19-20,22-23,25-26,28-29,31-32,34,50-51,53-57,59-60H,3-4,6,8-10,12,15,18,21,24,27,30,33,35-49H2,1-2H3,(H,61,62,63)/b7-5-,13-11-,16-14-,19-17-,23-22-,26-25-,29-28-,31-20-,34-32-. The fraction of sp³-hybridized carbons (Fsp3) is 0.661. The van der Waals surface area contributed by atoms with Gasteiger partial charge in [-0.15, -0.1) is 0 Å². The molecule has 12 nitrogen and oxygen atoms in total. The van der Waals surface area contributed by atoms with Crippen molar-refractivity contribution < 1.29 is 56.2 Å². The van der Waals surface area contributed by atoms with Gasteiger partial charge in [0.1, 0.15) is 30.5 Å². The van der Waals surface area contributed by atoms with Crippen LogP contribution in [-0.2, 0) is 38.3 Å². The van der Waals surface area contributed by atoms with E-state index in [1.165, 1.54) is 25.7 Å². The van der Waals surface area contributed by atoms with Crippen molar-refractivity contribution in [2.75, 3.05) is 26.4 Å². The smallest absolute Gasteiger partial charge is 0.397 e. The number of esters is 1. The predicted octanol–water partition coefficient (Wildman–Crippen LogP) is 12.4. The number of aliphatic hydroxyl groups excluding tert-OH is 3. The van der Waals surface area contributed by atoms with E-state index >= 15 is 0 Å². The van der Waals surface area contributed by atoms with E-state index in [2.05, 4.69) is 127 Å². The predicted molar refractivity (Wildman–Crippen MR) is 280 cm³/mol. The molecule has 1 saturated heterocycles. The van der Waals surface area contributed by atoms with Crippen LogP contribution in [-0.4, -0.2) is 97.5 Å². The highest BCUT2D eigenvalue weighted by Gasteiger charge is 2.48. The lowest BCUT2D eigenvalue weighted by molar-refractivity contribution is -0.301. The van der Waals surface area contributed by atoms with Crippen molar-refractivity contribution in [3.63, 3.8) is 0 Å². The van der Waals surface area contributed by atoms with Crippen molar-refractivity contribution in [2.24, 2.45) is 0 Å². The van der Waals surface area contributed by atoms with Gasteiger partial charge in [0, 0.05) is 13.0 Å². The molecule has 0 saturated carbocycles. The van der Waals surface area contributed by atoms with Gasteiger partial charge in [0.15, 0.2) is 6.29 Å². The molecule has 0 aromatic rings. The lowest BCUT2D eigenvalue weighted by atomic mass is 9.99. The Hall–Kier alpha value is -3.24. The number of hydrogen-bond donors (Lipinski definition) is 4. The van der Waals surface area contributed by atoms with E-state index in [0.29, 0.717) is 13.0 Å². The van der Waals surface area contributed by atoms with Crippen LogP contribution in [0.25, 0.3) is 0 Å². The third kappa shape index (κ3) is 39.1. The molecular weight excluding hydrogens is 897 g/mol. The van der Waals surface area contributed by atoms with Crippen LogP contribution in [0.4, 0.5) is 0 Å². The molecule has 1 rings (SSSR count). The van der Waals surface area contributed by atoms with E-state index in [9.17, 15) is 33.1 Å². The molecule has 0 aliphatic carbocycles. The van der Waals surface area contributed by atoms with Crippen molar-refractivity contribution in [3.05, 3.63) is 109 Å². The number of aliphatic hydroxyl groups is 3. The van der Waals surface area contributed by atoms with Crippen molar-refractivity contribution in [2.45, 2.75) is 211 Å². The molecule has 4 N–H and O–H groups in total. The fourth-order valence-corrected chi connectivity index (χ4v) is 7.72. The Morgan fingerprint density at radius 2 is 1.00 bits per heavy atom. The number of carbonyl (C=O) groups is 1. The summed E-state index contributed by atoms with van der Waals surface area (Å²) in [5, 5.41) is 30.8. The van der Waals surface area contributed by atoms with Crippen LogP contribution in [0.15, 0.2) is 109 Å². The zero-order valence-electron chi connectivity index (χ0n) is 42.3. The molecule has 0 bridgehead atoms. The number of rotatable bonds is 44. The topological polar surface area (TPSA) is 178 Å². The summed E-state index contributed by atoms with van der Waals surface area (Å²) in [4.78, 5) is 12.9. The molecule has 13 heteroatoms. The summed E-state index contributed by atoms with van der Waals surface area (Å²) in [5.41, 5.74) is 0. The Morgan fingerprint density at radius 3 is 1.46 bits per heavy atom. The largest absolute Gasteiger partial charge is 0.457 e. The summed E-state index contributed by atoms with van der Waals surface area (Å²) in [6.45, 7) is 3.76. The highest BCUT2D eigenvalue weighted by atomic mass is 32.3. The first-order valence-corrected chi connectivity index (χ1v) is 27.5. The maximum absolute atomic E-state index is 12.9. The number of allylic oxidation sites excluding steroid dienone is 18. The van der Waals surface area contributed by atoms with Crippen LogP contribution in [0.3, 0.4) is 0 Å². The molecule has 1 aliphatic rings. The molecule has 6 unspecified atom stereocenters. The van der Waals surface area contributed by atoms with Gasteiger partial charge in [-0.25, -0.2) is 4.18 Å². The summed E-state index contributed by atoms with van der Waals surface area (Å²) in [5.74, 6) is -0.427. The summed E-state index contributed by atoms with van der Waals surface area (Å²) >= 11 is 0. The van der Waals surface area contributed by atoms with Gasteiger partial charge in [-0.1, -0.05) is 175 Å².